The summed E-state index contributed by atoms with van der Waals surface area (Å²) in [6, 6.07) is 2.79. The van der Waals surface area contributed by atoms with Gasteiger partial charge in [0.1, 0.15) is 0 Å². The van der Waals surface area contributed by atoms with Crippen LogP contribution < -0.4 is 9.47 Å². The number of fused-ring (bicyclic) bond motifs is 1. The largest absolute Gasteiger partial charge is 0.493 e. The van der Waals surface area contributed by atoms with Gasteiger partial charge in [-0.15, -0.1) is 0 Å². The molecule has 0 amide bonds. The van der Waals surface area contributed by atoms with Gasteiger partial charge in [-0.3, -0.25) is 4.79 Å². The van der Waals surface area contributed by atoms with E-state index in [1.54, 1.807) is 20.8 Å². The number of furan rings is 1. The van der Waals surface area contributed by atoms with Crippen LogP contribution >= 0.6 is 0 Å². The first-order valence-corrected chi connectivity index (χ1v) is 6.67. The van der Waals surface area contributed by atoms with Crippen molar-refractivity contribution >= 4 is 22.7 Å². The van der Waals surface area contributed by atoms with Crippen molar-refractivity contribution in [2.45, 2.75) is 20.8 Å². The number of carboxylic acids is 1. The van der Waals surface area contributed by atoms with E-state index < -0.39 is 11.4 Å². The van der Waals surface area contributed by atoms with E-state index in [2.05, 4.69) is 0 Å². The fourth-order valence-corrected chi connectivity index (χ4v) is 2.15. The summed E-state index contributed by atoms with van der Waals surface area (Å²) in [5.41, 5.74) is -0.467. The van der Waals surface area contributed by atoms with E-state index in [0.717, 1.165) is 0 Å². The van der Waals surface area contributed by atoms with Gasteiger partial charge in [-0.05, 0) is 12.1 Å². The summed E-state index contributed by atoms with van der Waals surface area (Å²) in [4.78, 5) is 23.8. The Morgan fingerprint density at radius 3 is 2.23 bits per heavy atom. The summed E-state index contributed by atoms with van der Waals surface area (Å²) in [5, 5.41) is 9.65. The predicted octanol–water partition coefficient (Wildman–Crippen LogP) is 3.38. The molecule has 0 saturated carbocycles. The van der Waals surface area contributed by atoms with Gasteiger partial charge in [-0.25, -0.2) is 4.79 Å². The van der Waals surface area contributed by atoms with Crippen molar-refractivity contribution in [3.8, 4) is 11.5 Å². The average molecular weight is 306 g/mol. The molecule has 0 saturated heterocycles. The summed E-state index contributed by atoms with van der Waals surface area (Å²) in [5.74, 6) is -0.772. The predicted molar refractivity (Wildman–Crippen MR) is 80.1 cm³/mol. The van der Waals surface area contributed by atoms with E-state index in [0.29, 0.717) is 5.39 Å². The molecule has 2 aromatic rings. The molecular weight excluding hydrogens is 288 g/mol. The Hall–Kier alpha value is -2.50. The number of carbonyl (C=O) groups excluding carboxylic acids is 1. The molecule has 118 valence electrons. The number of Topliss-reactive ketones (excluding diaryl/α,β-unsaturated/α-hetero) is 1. The molecule has 6 nitrogen and oxygen atoms in total. The minimum atomic E-state index is -1.14. The molecule has 0 aliphatic carbocycles. The van der Waals surface area contributed by atoms with Crippen molar-refractivity contribution < 1.29 is 28.6 Å². The third-order valence-corrected chi connectivity index (χ3v) is 3.29. The molecule has 1 aromatic heterocycles. The molecule has 0 atom stereocenters. The molecule has 1 aromatic carbocycles. The second-order valence-electron chi connectivity index (χ2n) is 5.90. The SMILES string of the molecule is COc1cc(C(=O)O)c2cc(C(=O)C(C)(C)C)oc2c1OC. The zero-order valence-corrected chi connectivity index (χ0v) is 13.1. The minimum absolute atomic E-state index is 0.00985. The number of hydrogen-bond donors (Lipinski definition) is 1. The molecule has 0 bridgehead atoms. The van der Waals surface area contributed by atoms with E-state index in [9.17, 15) is 14.7 Å². The van der Waals surface area contributed by atoms with Gasteiger partial charge in [0.25, 0.3) is 0 Å². The summed E-state index contributed by atoms with van der Waals surface area (Å²) < 4.78 is 16.0. The van der Waals surface area contributed by atoms with Crippen molar-refractivity contribution in [3.63, 3.8) is 0 Å². The summed E-state index contributed by atoms with van der Waals surface area (Å²) >= 11 is 0. The molecule has 0 radical (unpaired) electrons. The van der Waals surface area contributed by atoms with Crippen LogP contribution in [-0.2, 0) is 0 Å². The highest BCUT2D eigenvalue weighted by Crippen LogP contribution is 2.40. The highest BCUT2D eigenvalue weighted by atomic mass is 16.5. The Labute approximate surface area is 127 Å². The smallest absolute Gasteiger partial charge is 0.336 e. The standard InChI is InChI=1S/C16H18O6/c1-16(2,3)14(17)11-6-8-9(15(18)19)7-10(20-4)13(21-5)12(8)22-11/h6-7H,1-5H3,(H,18,19). The average Bonchev–Trinajstić information content (AvgIpc) is 2.87. The van der Waals surface area contributed by atoms with Crippen molar-refractivity contribution in [2.24, 2.45) is 5.41 Å². The minimum Gasteiger partial charge on any atom is -0.493 e. The van der Waals surface area contributed by atoms with Gasteiger partial charge in [0.05, 0.1) is 19.8 Å². The fourth-order valence-electron chi connectivity index (χ4n) is 2.15. The normalized spacial score (nSPS) is 11.5. The summed E-state index contributed by atoms with van der Waals surface area (Å²) in [6.45, 7) is 5.29. The second-order valence-corrected chi connectivity index (χ2v) is 5.90. The van der Waals surface area contributed by atoms with Crippen LogP contribution in [0.1, 0.15) is 41.7 Å². The maximum absolute atomic E-state index is 12.4. The molecule has 0 aliphatic heterocycles. The van der Waals surface area contributed by atoms with Crippen LogP contribution in [0, 0.1) is 5.41 Å². The molecular formula is C16H18O6. The van der Waals surface area contributed by atoms with Crippen LogP contribution in [-0.4, -0.2) is 31.1 Å². The maximum atomic E-state index is 12.4. The Balaban J connectivity index is 2.81. The first-order valence-electron chi connectivity index (χ1n) is 6.67. The van der Waals surface area contributed by atoms with Crippen LogP contribution in [0.4, 0.5) is 0 Å². The van der Waals surface area contributed by atoms with E-state index in [4.69, 9.17) is 13.9 Å². The van der Waals surface area contributed by atoms with E-state index in [1.165, 1.54) is 26.4 Å². The van der Waals surface area contributed by atoms with Gasteiger partial charge in [-0.1, -0.05) is 20.8 Å². The topological polar surface area (TPSA) is 86.0 Å². The number of hydrogen-bond acceptors (Lipinski definition) is 5. The molecule has 2 rings (SSSR count). The Kier molecular flexibility index (Phi) is 3.87. The van der Waals surface area contributed by atoms with Crippen LogP contribution in [0.5, 0.6) is 11.5 Å². The highest BCUT2D eigenvalue weighted by Gasteiger charge is 2.29. The molecule has 0 unspecified atom stereocenters. The first-order chi connectivity index (χ1) is 10.2. The Bertz CT molecular complexity index is 748. The second kappa shape index (κ2) is 5.36. The van der Waals surface area contributed by atoms with Gasteiger partial charge < -0.3 is 19.0 Å². The van der Waals surface area contributed by atoms with Crippen molar-refractivity contribution in [3.05, 3.63) is 23.5 Å². The van der Waals surface area contributed by atoms with E-state index >= 15 is 0 Å². The molecule has 1 N–H and O–H groups in total. The van der Waals surface area contributed by atoms with Crippen LogP contribution in [0.15, 0.2) is 16.5 Å². The lowest BCUT2D eigenvalue weighted by Crippen LogP contribution is -2.19. The number of ether oxygens (including phenoxy) is 2. The van der Waals surface area contributed by atoms with Crippen molar-refractivity contribution in [1.29, 1.82) is 0 Å². The van der Waals surface area contributed by atoms with Crippen LogP contribution in [0.25, 0.3) is 11.0 Å². The zero-order chi connectivity index (χ0) is 16.7. The molecule has 6 heteroatoms. The van der Waals surface area contributed by atoms with Crippen molar-refractivity contribution in [1.82, 2.24) is 0 Å². The number of aromatic carboxylic acids is 1. The number of rotatable bonds is 4. The van der Waals surface area contributed by atoms with Gasteiger partial charge >= 0.3 is 5.97 Å². The Morgan fingerprint density at radius 1 is 1.14 bits per heavy atom. The number of methoxy groups -OCH3 is 2. The quantitative estimate of drug-likeness (QED) is 0.871. The molecule has 1 heterocycles. The Morgan fingerprint density at radius 2 is 1.77 bits per heavy atom. The number of benzene rings is 1. The zero-order valence-electron chi connectivity index (χ0n) is 13.1. The monoisotopic (exact) mass is 306 g/mol. The number of carbonyl (C=O) groups is 2. The highest BCUT2D eigenvalue weighted by molar-refractivity contribution is 6.08. The lowest BCUT2D eigenvalue weighted by molar-refractivity contribution is 0.0698. The number of ketones is 1. The molecule has 22 heavy (non-hydrogen) atoms. The van der Waals surface area contributed by atoms with Crippen LogP contribution in [0.2, 0.25) is 0 Å². The number of carboxylic acid groups (broad SMARTS) is 1. The van der Waals surface area contributed by atoms with Gasteiger partial charge in [-0.2, -0.15) is 0 Å². The summed E-state index contributed by atoms with van der Waals surface area (Å²) in [7, 11) is 2.82. The van der Waals surface area contributed by atoms with Gasteiger partial charge in [0.2, 0.25) is 11.5 Å². The lowest BCUT2D eigenvalue weighted by Gasteiger charge is -2.13. The maximum Gasteiger partial charge on any atom is 0.336 e. The molecule has 0 fully saturated rings. The van der Waals surface area contributed by atoms with Gasteiger partial charge in [0.15, 0.2) is 17.1 Å². The first kappa shape index (κ1) is 15.9. The third-order valence-electron chi connectivity index (χ3n) is 3.29. The fraction of sp³-hybridized carbons (Fsp3) is 0.375. The van der Waals surface area contributed by atoms with Gasteiger partial charge in [0, 0.05) is 10.8 Å². The van der Waals surface area contributed by atoms with E-state index in [-0.39, 0.29) is 34.2 Å². The van der Waals surface area contributed by atoms with Crippen molar-refractivity contribution in [2.75, 3.05) is 14.2 Å². The lowest BCUT2D eigenvalue weighted by atomic mass is 9.89. The molecule has 0 aliphatic rings. The molecule has 0 spiro atoms. The van der Waals surface area contributed by atoms with Crippen LogP contribution in [0.3, 0.4) is 0 Å². The van der Waals surface area contributed by atoms with E-state index in [1.807, 2.05) is 0 Å². The third kappa shape index (κ3) is 2.52. The summed E-state index contributed by atoms with van der Waals surface area (Å²) in [6.07, 6.45) is 0.